The van der Waals surface area contributed by atoms with Crippen LogP contribution in [0.2, 0.25) is 0 Å². The SMILES string of the molecule is CNC(=O)[C@H](CSC(c1ccccc1)(c1ccccc1)c1ccccc1)NC(=O)[C@H](CSC(c1ccccc1)(c1ccccc1)c1ccccc1)NC(=O)OC(C)(C)C. The summed E-state index contributed by atoms with van der Waals surface area (Å²) in [6.45, 7) is 5.33. The summed E-state index contributed by atoms with van der Waals surface area (Å²) in [6.07, 6.45) is -0.731. The summed E-state index contributed by atoms with van der Waals surface area (Å²) in [5.41, 5.74) is 5.32. The molecule has 0 fully saturated rings. The number of alkyl carbamates (subject to hydrolysis) is 1. The van der Waals surface area contributed by atoms with Crippen molar-refractivity contribution in [3.8, 4) is 0 Å². The Bertz CT molecular complexity index is 2050. The van der Waals surface area contributed by atoms with Crippen LogP contribution in [0.25, 0.3) is 0 Å². The first-order valence-corrected chi connectivity index (χ1v) is 21.7. The number of thioether (sulfide) groups is 2. The minimum absolute atomic E-state index is 0.138. The van der Waals surface area contributed by atoms with Crippen LogP contribution in [0.5, 0.6) is 0 Å². The Hall–Kier alpha value is -5.77. The van der Waals surface area contributed by atoms with E-state index in [9.17, 15) is 14.4 Å². The van der Waals surface area contributed by atoms with E-state index >= 15 is 0 Å². The lowest BCUT2D eigenvalue weighted by Gasteiger charge is -2.37. The molecule has 0 bridgehead atoms. The Morgan fingerprint density at radius 1 is 0.458 bits per heavy atom. The molecule has 0 unspecified atom stereocenters. The quantitative estimate of drug-likeness (QED) is 0.0843. The van der Waals surface area contributed by atoms with Crippen molar-refractivity contribution < 1.29 is 19.1 Å². The first-order valence-electron chi connectivity index (χ1n) is 19.7. The van der Waals surface area contributed by atoms with Crippen LogP contribution in [0.15, 0.2) is 182 Å². The van der Waals surface area contributed by atoms with Crippen molar-refractivity contribution in [2.24, 2.45) is 0 Å². The number of hydrogen-bond acceptors (Lipinski definition) is 6. The summed E-state index contributed by atoms with van der Waals surface area (Å²) in [4.78, 5) is 42.1. The van der Waals surface area contributed by atoms with Crippen LogP contribution in [0, 0.1) is 0 Å². The van der Waals surface area contributed by atoms with Crippen molar-refractivity contribution in [3.05, 3.63) is 215 Å². The second kappa shape index (κ2) is 19.8. The predicted octanol–water partition coefficient (Wildman–Crippen LogP) is 9.56. The monoisotopic (exact) mass is 821 g/mol. The highest BCUT2D eigenvalue weighted by Gasteiger charge is 2.41. The lowest BCUT2D eigenvalue weighted by molar-refractivity contribution is -0.129. The van der Waals surface area contributed by atoms with Gasteiger partial charge in [0.25, 0.3) is 0 Å². The van der Waals surface area contributed by atoms with Crippen LogP contribution < -0.4 is 16.0 Å². The Kier molecular flexibility index (Phi) is 14.4. The highest BCUT2D eigenvalue weighted by molar-refractivity contribution is 8.01. The Balaban J connectivity index is 1.37. The molecule has 0 spiro atoms. The molecule has 3 amide bonds. The van der Waals surface area contributed by atoms with E-state index in [2.05, 4.69) is 88.7 Å². The fraction of sp³-hybridized carbons (Fsp3) is 0.220. The van der Waals surface area contributed by atoms with Crippen molar-refractivity contribution in [2.45, 2.75) is 47.9 Å². The Morgan fingerprint density at radius 2 is 0.729 bits per heavy atom. The molecule has 3 N–H and O–H groups in total. The zero-order valence-electron chi connectivity index (χ0n) is 33.8. The number of likely N-dealkylation sites (N-methyl/N-ethyl adjacent to an activating group) is 1. The maximum Gasteiger partial charge on any atom is 0.408 e. The summed E-state index contributed by atoms with van der Waals surface area (Å²) in [5, 5.41) is 8.72. The number of rotatable bonds is 16. The second-order valence-electron chi connectivity index (χ2n) is 15.1. The first-order chi connectivity index (χ1) is 28.6. The normalized spacial score (nSPS) is 12.7. The number of carbonyl (C=O) groups is 3. The van der Waals surface area contributed by atoms with Crippen LogP contribution in [0.1, 0.15) is 54.2 Å². The van der Waals surface area contributed by atoms with Gasteiger partial charge in [0.2, 0.25) is 11.8 Å². The van der Waals surface area contributed by atoms with Gasteiger partial charge in [-0.25, -0.2) is 4.79 Å². The zero-order valence-corrected chi connectivity index (χ0v) is 35.5. The van der Waals surface area contributed by atoms with Gasteiger partial charge in [-0.15, -0.1) is 23.5 Å². The number of ether oxygens (including phenoxy) is 1. The molecule has 0 saturated heterocycles. The molecule has 6 aromatic carbocycles. The van der Waals surface area contributed by atoms with Gasteiger partial charge in [0, 0.05) is 18.6 Å². The van der Waals surface area contributed by atoms with Gasteiger partial charge < -0.3 is 20.7 Å². The van der Waals surface area contributed by atoms with Crippen molar-refractivity contribution in [1.82, 2.24) is 16.0 Å². The van der Waals surface area contributed by atoms with Crippen LogP contribution in [0.3, 0.4) is 0 Å². The molecule has 0 saturated carbocycles. The van der Waals surface area contributed by atoms with Gasteiger partial charge in [0.05, 0.1) is 9.49 Å². The molecule has 6 rings (SSSR count). The fourth-order valence-electron chi connectivity index (χ4n) is 7.22. The van der Waals surface area contributed by atoms with E-state index in [4.69, 9.17) is 4.74 Å². The van der Waals surface area contributed by atoms with E-state index in [1.54, 1.807) is 39.6 Å². The lowest BCUT2D eigenvalue weighted by atomic mass is 9.84. The topological polar surface area (TPSA) is 96.5 Å². The molecule has 2 atom stereocenters. The number of amides is 3. The van der Waals surface area contributed by atoms with Crippen molar-refractivity contribution in [3.63, 3.8) is 0 Å². The van der Waals surface area contributed by atoms with Crippen LogP contribution in [-0.4, -0.2) is 54.1 Å². The first kappa shape index (κ1) is 42.8. The molecule has 0 aliphatic carbocycles. The largest absolute Gasteiger partial charge is 0.444 e. The van der Waals surface area contributed by atoms with Crippen molar-refractivity contribution in [1.29, 1.82) is 0 Å². The molecule has 302 valence electrons. The summed E-state index contributed by atoms with van der Waals surface area (Å²) in [5.74, 6) is -0.521. The van der Waals surface area contributed by atoms with Gasteiger partial charge in [-0.3, -0.25) is 9.59 Å². The second-order valence-corrected chi connectivity index (χ2v) is 17.5. The van der Waals surface area contributed by atoms with E-state index in [1.165, 1.54) is 11.8 Å². The van der Waals surface area contributed by atoms with Crippen LogP contribution in [-0.2, 0) is 23.8 Å². The number of carbonyl (C=O) groups excluding carboxylic acids is 3. The minimum Gasteiger partial charge on any atom is -0.444 e. The van der Waals surface area contributed by atoms with E-state index in [0.29, 0.717) is 0 Å². The molecule has 0 heterocycles. The average Bonchev–Trinajstić information content (AvgIpc) is 3.27. The minimum atomic E-state index is -1.09. The van der Waals surface area contributed by atoms with E-state index in [-0.39, 0.29) is 17.4 Å². The molecule has 0 aliphatic rings. The van der Waals surface area contributed by atoms with Gasteiger partial charge >= 0.3 is 6.09 Å². The molecule has 7 nitrogen and oxygen atoms in total. The highest BCUT2D eigenvalue weighted by atomic mass is 32.2. The molecule has 59 heavy (non-hydrogen) atoms. The number of nitrogens with one attached hydrogen (secondary N) is 3. The summed E-state index contributed by atoms with van der Waals surface area (Å²) >= 11 is 3.11. The molecule has 0 radical (unpaired) electrons. The molecular weight excluding hydrogens is 771 g/mol. The highest BCUT2D eigenvalue weighted by Crippen LogP contribution is 2.50. The lowest BCUT2D eigenvalue weighted by Crippen LogP contribution is -2.56. The standard InChI is InChI=1S/C50H51N3O4S2/c1-48(2,3)57-47(56)53-44(36-59-50(40-29-17-8-18-30-40,41-31-19-9-20-32-41)42-33-21-10-22-34-42)46(55)52-43(45(54)51-4)35-58-49(37-23-11-5-12-24-37,38-25-13-6-14-26-38)39-27-15-7-16-28-39/h5-34,43-44H,35-36H2,1-4H3,(H,51,54)(H,52,55)(H,53,56)/t43-,44-/m0/s1. The van der Waals surface area contributed by atoms with Crippen molar-refractivity contribution in [2.75, 3.05) is 18.6 Å². The maximum atomic E-state index is 14.8. The smallest absolute Gasteiger partial charge is 0.408 e. The summed E-state index contributed by atoms with van der Waals surface area (Å²) in [6, 6.07) is 59.0. The maximum absolute atomic E-state index is 14.8. The Morgan fingerprint density at radius 3 is 0.983 bits per heavy atom. The van der Waals surface area contributed by atoms with E-state index in [1.807, 2.05) is 109 Å². The summed E-state index contributed by atoms with van der Waals surface area (Å²) in [7, 11) is 1.56. The molecule has 9 heteroatoms. The van der Waals surface area contributed by atoms with Gasteiger partial charge in [-0.2, -0.15) is 0 Å². The average molecular weight is 822 g/mol. The predicted molar refractivity (Wildman–Crippen MR) is 242 cm³/mol. The molecule has 6 aromatic rings. The van der Waals surface area contributed by atoms with Gasteiger partial charge in [0.15, 0.2) is 0 Å². The van der Waals surface area contributed by atoms with Gasteiger partial charge in [0.1, 0.15) is 17.7 Å². The summed E-state index contributed by atoms with van der Waals surface area (Å²) < 4.78 is 4.19. The van der Waals surface area contributed by atoms with Crippen LogP contribution in [0.4, 0.5) is 4.79 Å². The zero-order chi connectivity index (χ0) is 41.7. The van der Waals surface area contributed by atoms with E-state index in [0.717, 1.165) is 33.4 Å². The van der Waals surface area contributed by atoms with E-state index < -0.39 is 39.2 Å². The van der Waals surface area contributed by atoms with Gasteiger partial charge in [-0.05, 0) is 54.2 Å². The molecule has 0 aromatic heterocycles. The third kappa shape index (κ3) is 10.3. The number of benzene rings is 6. The third-order valence-electron chi connectivity index (χ3n) is 9.90. The number of hydrogen-bond donors (Lipinski definition) is 3. The fourth-order valence-corrected chi connectivity index (χ4v) is 10.3. The molecule has 0 aliphatic heterocycles. The molecular formula is C50H51N3O4S2. The van der Waals surface area contributed by atoms with Gasteiger partial charge in [-0.1, -0.05) is 182 Å². The van der Waals surface area contributed by atoms with Crippen LogP contribution >= 0.6 is 23.5 Å². The third-order valence-corrected chi connectivity index (χ3v) is 13.2. The Labute approximate surface area is 356 Å². The van der Waals surface area contributed by atoms with Crippen molar-refractivity contribution >= 4 is 41.4 Å².